The van der Waals surface area contributed by atoms with E-state index in [4.69, 9.17) is 20.8 Å². The molecule has 0 spiro atoms. The van der Waals surface area contributed by atoms with Crippen LogP contribution in [0.5, 0.6) is 0 Å². The first-order valence-corrected chi connectivity index (χ1v) is 10.6. The minimum Gasteiger partial charge on any atom is -0.451 e. The largest absolute Gasteiger partial charge is 0.451 e. The Kier molecular flexibility index (Phi) is 4.67. The Hall–Kier alpha value is -2.97. The van der Waals surface area contributed by atoms with Gasteiger partial charge in [0.25, 0.3) is 5.56 Å². The van der Waals surface area contributed by atoms with E-state index in [1.807, 2.05) is 12.1 Å². The Balaban J connectivity index is 1.36. The number of rotatable bonds is 4. The van der Waals surface area contributed by atoms with Crippen molar-refractivity contribution in [3.05, 3.63) is 68.0 Å². The number of halogens is 1. The number of carbonyl (C=O) groups excluding carboxylic acids is 1. The third-order valence-electron chi connectivity index (χ3n) is 5.11. The molecule has 152 valence electrons. The van der Waals surface area contributed by atoms with E-state index < -0.39 is 5.97 Å². The second-order valence-electron chi connectivity index (χ2n) is 7.03. The minimum absolute atomic E-state index is 0.0828. The molecule has 0 radical (unpaired) electrons. The molecule has 0 N–H and O–H groups in total. The van der Waals surface area contributed by atoms with Crippen LogP contribution in [0, 0.1) is 6.92 Å². The number of hydrogen-bond donors (Lipinski definition) is 0. The lowest BCUT2D eigenvalue weighted by molar-refractivity contribution is 0.0444. The van der Waals surface area contributed by atoms with Gasteiger partial charge in [0.1, 0.15) is 15.5 Å². The highest BCUT2D eigenvalue weighted by atomic mass is 35.5. The van der Waals surface area contributed by atoms with Crippen molar-refractivity contribution in [2.75, 3.05) is 0 Å². The van der Waals surface area contributed by atoms with Crippen molar-refractivity contribution in [2.45, 2.75) is 32.9 Å². The molecule has 1 aromatic carbocycles. The maximum Gasteiger partial charge on any atom is 0.349 e. The average Bonchev–Trinajstić information content (AvgIpc) is 3.46. The summed E-state index contributed by atoms with van der Waals surface area (Å²) in [6, 6.07) is 7.16. The predicted octanol–water partition coefficient (Wildman–Crippen LogP) is 4.38. The first-order chi connectivity index (χ1) is 14.5. The highest BCUT2D eigenvalue weighted by Gasteiger charge is 2.24. The van der Waals surface area contributed by atoms with E-state index in [-0.39, 0.29) is 18.1 Å². The second-order valence-corrected chi connectivity index (χ2v) is 8.46. The van der Waals surface area contributed by atoms with Gasteiger partial charge in [-0.2, -0.15) is 0 Å². The first-order valence-electron chi connectivity index (χ1n) is 9.42. The summed E-state index contributed by atoms with van der Waals surface area (Å²) in [5.41, 5.74) is 1.35. The SMILES string of the molecule is Cc1c(C(=O)OCc2ncc(-c3ccc(Cl)cc3)o2)sc2nc3n(c(=O)c12)CCC3. The van der Waals surface area contributed by atoms with Crippen molar-refractivity contribution in [3.8, 4) is 11.3 Å². The summed E-state index contributed by atoms with van der Waals surface area (Å²) in [7, 11) is 0. The van der Waals surface area contributed by atoms with Gasteiger partial charge in [0.05, 0.1) is 11.6 Å². The number of benzene rings is 1. The molecule has 30 heavy (non-hydrogen) atoms. The van der Waals surface area contributed by atoms with Gasteiger partial charge < -0.3 is 9.15 Å². The Morgan fingerprint density at radius 3 is 2.93 bits per heavy atom. The van der Waals surface area contributed by atoms with Crippen molar-refractivity contribution < 1.29 is 13.9 Å². The van der Waals surface area contributed by atoms with E-state index in [1.165, 1.54) is 11.3 Å². The molecule has 0 aliphatic carbocycles. The van der Waals surface area contributed by atoms with E-state index >= 15 is 0 Å². The van der Waals surface area contributed by atoms with Crippen LogP contribution in [0.25, 0.3) is 21.5 Å². The summed E-state index contributed by atoms with van der Waals surface area (Å²) in [6.07, 6.45) is 3.27. The summed E-state index contributed by atoms with van der Waals surface area (Å²) in [5.74, 6) is 1.10. The Morgan fingerprint density at radius 1 is 1.33 bits per heavy atom. The van der Waals surface area contributed by atoms with Gasteiger partial charge in [-0.1, -0.05) is 11.6 Å². The number of oxazole rings is 1. The average molecular weight is 442 g/mol. The second kappa shape index (κ2) is 7.37. The highest BCUT2D eigenvalue weighted by Crippen LogP contribution is 2.29. The molecule has 0 fully saturated rings. The number of aryl methyl sites for hydroxylation is 2. The molecular weight excluding hydrogens is 426 g/mol. The van der Waals surface area contributed by atoms with Gasteiger partial charge in [0.2, 0.25) is 5.89 Å². The molecule has 1 aliphatic rings. The van der Waals surface area contributed by atoms with Crippen LogP contribution >= 0.6 is 22.9 Å². The van der Waals surface area contributed by atoms with Crippen LogP contribution < -0.4 is 5.56 Å². The fraction of sp³-hybridized carbons (Fsp3) is 0.238. The molecule has 0 saturated heterocycles. The number of hydrogen-bond acceptors (Lipinski definition) is 7. The Morgan fingerprint density at radius 2 is 2.13 bits per heavy atom. The van der Waals surface area contributed by atoms with Crippen molar-refractivity contribution in [3.63, 3.8) is 0 Å². The molecule has 4 aromatic rings. The topological polar surface area (TPSA) is 87.2 Å². The normalized spacial score (nSPS) is 13.0. The van der Waals surface area contributed by atoms with Gasteiger partial charge >= 0.3 is 5.97 Å². The lowest BCUT2D eigenvalue weighted by Gasteiger charge is -2.02. The number of carbonyl (C=O) groups is 1. The zero-order valence-electron chi connectivity index (χ0n) is 16.0. The number of esters is 1. The van der Waals surface area contributed by atoms with Crippen LogP contribution in [-0.2, 0) is 24.3 Å². The molecule has 7 nitrogen and oxygen atoms in total. The molecule has 5 rings (SSSR count). The Bertz CT molecular complexity index is 1340. The smallest absolute Gasteiger partial charge is 0.349 e. The molecule has 1 aliphatic heterocycles. The first kappa shape index (κ1) is 19.0. The van der Waals surface area contributed by atoms with Crippen LogP contribution in [-0.4, -0.2) is 20.5 Å². The standard InChI is InChI=1S/C21H16ClN3O4S/c1-11-17-19(24-15-3-2-8-25(15)20(17)26)30-18(11)21(27)28-10-16-23-9-14(29-16)12-4-6-13(22)7-5-12/h4-7,9H,2-3,8,10H2,1H3. The number of ether oxygens (including phenoxy) is 1. The molecule has 4 heterocycles. The van der Waals surface area contributed by atoms with Gasteiger partial charge in [-0.15, -0.1) is 11.3 Å². The summed E-state index contributed by atoms with van der Waals surface area (Å²) < 4.78 is 12.8. The molecule has 0 saturated carbocycles. The molecule has 0 atom stereocenters. The van der Waals surface area contributed by atoms with Gasteiger partial charge in [-0.3, -0.25) is 9.36 Å². The number of aromatic nitrogens is 3. The summed E-state index contributed by atoms with van der Waals surface area (Å²) in [4.78, 5) is 35.1. The van der Waals surface area contributed by atoms with Gasteiger partial charge in [0, 0.05) is 23.6 Å². The zero-order chi connectivity index (χ0) is 20.8. The highest BCUT2D eigenvalue weighted by molar-refractivity contribution is 7.20. The minimum atomic E-state index is -0.522. The fourth-order valence-electron chi connectivity index (χ4n) is 3.59. The van der Waals surface area contributed by atoms with E-state index in [1.54, 1.807) is 29.8 Å². The van der Waals surface area contributed by atoms with Crippen LogP contribution in [0.15, 0.2) is 39.7 Å². The van der Waals surface area contributed by atoms with Gasteiger partial charge in [0.15, 0.2) is 12.4 Å². The summed E-state index contributed by atoms with van der Waals surface area (Å²) >= 11 is 7.09. The summed E-state index contributed by atoms with van der Waals surface area (Å²) in [6.45, 7) is 2.32. The molecule has 0 bridgehead atoms. The maximum atomic E-state index is 12.8. The maximum absolute atomic E-state index is 12.8. The monoisotopic (exact) mass is 441 g/mol. The van der Waals surface area contributed by atoms with Gasteiger partial charge in [-0.05, 0) is 43.2 Å². The third kappa shape index (κ3) is 3.22. The number of fused-ring (bicyclic) bond motifs is 2. The zero-order valence-corrected chi connectivity index (χ0v) is 17.5. The van der Waals surface area contributed by atoms with Gasteiger partial charge in [-0.25, -0.2) is 14.8 Å². The quantitative estimate of drug-likeness (QED) is 0.437. The lowest BCUT2D eigenvalue weighted by Crippen LogP contribution is -2.20. The number of nitrogens with zero attached hydrogens (tertiary/aromatic N) is 3. The van der Waals surface area contributed by atoms with E-state index in [0.29, 0.717) is 38.0 Å². The van der Waals surface area contributed by atoms with Crippen LogP contribution in [0.4, 0.5) is 0 Å². The van der Waals surface area contributed by atoms with E-state index in [9.17, 15) is 9.59 Å². The van der Waals surface area contributed by atoms with E-state index in [2.05, 4.69) is 9.97 Å². The van der Waals surface area contributed by atoms with Crippen molar-refractivity contribution in [1.29, 1.82) is 0 Å². The molecule has 3 aromatic heterocycles. The Labute approximate surface area is 179 Å². The molecule has 0 unspecified atom stereocenters. The van der Waals surface area contributed by atoms with Crippen LogP contribution in [0.1, 0.15) is 33.4 Å². The number of thiophene rings is 1. The third-order valence-corrected chi connectivity index (χ3v) is 6.52. The fourth-order valence-corrected chi connectivity index (χ4v) is 4.80. The molecule has 0 amide bonds. The summed E-state index contributed by atoms with van der Waals surface area (Å²) in [5, 5.41) is 1.13. The predicted molar refractivity (Wildman–Crippen MR) is 113 cm³/mol. The van der Waals surface area contributed by atoms with Crippen molar-refractivity contribution in [2.24, 2.45) is 0 Å². The molecular formula is C21H16ClN3O4S. The lowest BCUT2D eigenvalue weighted by atomic mass is 10.2. The van der Waals surface area contributed by atoms with E-state index in [0.717, 1.165) is 24.2 Å². The molecule has 9 heteroatoms. The van der Waals surface area contributed by atoms with Crippen molar-refractivity contribution >= 4 is 39.1 Å². The van der Waals surface area contributed by atoms with Crippen LogP contribution in [0.3, 0.4) is 0 Å². The van der Waals surface area contributed by atoms with Crippen molar-refractivity contribution in [1.82, 2.24) is 14.5 Å². The van der Waals surface area contributed by atoms with Crippen LogP contribution in [0.2, 0.25) is 5.02 Å².